The molecule has 3 atom stereocenters. The third kappa shape index (κ3) is 4.66. The number of aliphatic carboxylic acids is 1. The number of hydrogen-bond donors (Lipinski definition) is 3. The summed E-state index contributed by atoms with van der Waals surface area (Å²) in [5, 5.41) is 19.6. The fourth-order valence-electron chi connectivity index (χ4n) is 3.72. The van der Waals surface area contributed by atoms with Gasteiger partial charge >= 0.3 is 5.97 Å². The molecule has 8 nitrogen and oxygen atoms in total. The number of nitrogens with one attached hydrogen (secondary N) is 1. The first-order chi connectivity index (χ1) is 14.0. The van der Waals surface area contributed by atoms with E-state index in [9.17, 15) is 27.8 Å². The van der Waals surface area contributed by atoms with Crippen molar-refractivity contribution < 1.29 is 27.8 Å². The summed E-state index contributed by atoms with van der Waals surface area (Å²) in [4.78, 5) is 20.0. The van der Waals surface area contributed by atoms with Gasteiger partial charge in [0.05, 0.1) is 29.2 Å². The zero-order valence-electron chi connectivity index (χ0n) is 16.6. The minimum absolute atomic E-state index is 0.0350. The minimum Gasteiger partial charge on any atom is -0.481 e. The predicted molar refractivity (Wildman–Crippen MR) is 107 cm³/mol. The van der Waals surface area contributed by atoms with E-state index >= 15 is 0 Å². The quantitative estimate of drug-likeness (QED) is 0.602. The van der Waals surface area contributed by atoms with Crippen molar-refractivity contribution in [3.05, 3.63) is 48.0 Å². The van der Waals surface area contributed by atoms with Crippen LogP contribution in [0.15, 0.2) is 36.7 Å². The third-order valence-electron chi connectivity index (χ3n) is 5.41. The lowest BCUT2D eigenvalue weighted by atomic mass is 9.79. The molecule has 1 aromatic heterocycles. The van der Waals surface area contributed by atoms with Gasteiger partial charge in [0, 0.05) is 11.6 Å². The van der Waals surface area contributed by atoms with Gasteiger partial charge in [-0.2, -0.15) is 0 Å². The molecule has 0 amide bonds. The molecular formula is C20H24FN3O5S. The SMILES string of the molecule is CC(C)S(=O)(=O)N[C@@H]1C[C@@](Cc2cccc(-c3ncc(F)cn3)c2)(C(=O)O)C[C@H]1O. The number of carboxylic acids is 1. The van der Waals surface area contributed by atoms with Crippen molar-refractivity contribution in [2.45, 2.75) is 50.5 Å². The Morgan fingerprint density at radius 1 is 1.30 bits per heavy atom. The molecule has 30 heavy (non-hydrogen) atoms. The van der Waals surface area contributed by atoms with Gasteiger partial charge in [-0.25, -0.2) is 27.5 Å². The Bertz CT molecular complexity index is 1030. The molecular weight excluding hydrogens is 413 g/mol. The molecule has 2 aromatic rings. The van der Waals surface area contributed by atoms with Gasteiger partial charge in [0.25, 0.3) is 0 Å². The summed E-state index contributed by atoms with van der Waals surface area (Å²) >= 11 is 0. The van der Waals surface area contributed by atoms with Crippen molar-refractivity contribution in [1.29, 1.82) is 0 Å². The number of sulfonamides is 1. The second-order valence-electron chi connectivity index (χ2n) is 7.98. The van der Waals surface area contributed by atoms with Crippen LogP contribution in [-0.4, -0.2) is 52.0 Å². The third-order valence-corrected chi connectivity index (χ3v) is 7.29. The zero-order valence-corrected chi connectivity index (χ0v) is 17.4. The Hall–Kier alpha value is -2.43. The molecule has 0 unspecified atom stereocenters. The normalized spacial score (nSPS) is 24.3. The Morgan fingerprint density at radius 3 is 2.57 bits per heavy atom. The van der Waals surface area contributed by atoms with Crippen molar-refractivity contribution in [1.82, 2.24) is 14.7 Å². The van der Waals surface area contributed by atoms with Crippen LogP contribution in [0.5, 0.6) is 0 Å². The summed E-state index contributed by atoms with van der Waals surface area (Å²) in [6.45, 7) is 3.02. The van der Waals surface area contributed by atoms with E-state index in [0.29, 0.717) is 17.0 Å². The molecule has 1 fully saturated rings. The molecule has 1 aliphatic carbocycles. The molecule has 1 heterocycles. The number of carboxylic acid groups (broad SMARTS) is 1. The van der Waals surface area contributed by atoms with E-state index in [-0.39, 0.29) is 19.3 Å². The fourth-order valence-corrected chi connectivity index (χ4v) is 4.65. The zero-order chi connectivity index (χ0) is 22.1. The number of carbonyl (C=O) groups is 1. The molecule has 1 aromatic carbocycles. The van der Waals surface area contributed by atoms with Crippen LogP contribution < -0.4 is 4.72 Å². The number of halogens is 1. The van der Waals surface area contributed by atoms with E-state index in [1.165, 1.54) is 13.8 Å². The van der Waals surface area contributed by atoms with Crippen LogP contribution in [0.2, 0.25) is 0 Å². The smallest absolute Gasteiger partial charge is 0.310 e. The molecule has 3 N–H and O–H groups in total. The predicted octanol–water partition coefficient (Wildman–Crippen LogP) is 1.75. The Labute approximate surface area is 174 Å². The van der Waals surface area contributed by atoms with E-state index in [4.69, 9.17) is 0 Å². The van der Waals surface area contributed by atoms with Crippen LogP contribution in [-0.2, 0) is 21.2 Å². The Morgan fingerprint density at radius 2 is 1.97 bits per heavy atom. The van der Waals surface area contributed by atoms with Gasteiger partial charge in [-0.1, -0.05) is 18.2 Å². The van der Waals surface area contributed by atoms with Crippen molar-refractivity contribution in [2.75, 3.05) is 0 Å². The minimum atomic E-state index is -3.66. The average molecular weight is 437 g/mol. The summed E-state index contributed by atoms with van der Waals surface area (Å²) < 4.78 is 39.9. The number of rotatable bonds is 7. The highest BCUT2D eigenvalue weighted by Crippen LogP contribution is 2.42. The van der Waals surface area contributed by atoms with Gasteiger partial charge in [-0.3, -0.25) is 4.79 Å². The van der Waals surface area contributed by atoms with Gasteiger partial charge in [-0.15, -0.1) is 0 Å². The molecule has 1 aliphatic rings. The summed E-state index contributed by atoms with van der Waals surface area (Å²) in [6, 6.07) is 6.04. The highest BCUT2D eigenvalue weighted by Gasteiger charge is 2.51. The molecule has 0 spiro atoms. The van der Waals surface area contributed by atoms with Crippen LogP contribution in [0.1, 0.15) is 32.3 Å². The standard InChI is InChI=1S/C20H24FN3O5S/c1-12(2)30(28,29)24-16-8-20(19(26)27,9-17(16)25)7-13-4-3-5-14(6-13)18-22-10-15(21)11-23-18/h3-6,10-12,16-17,24-25H,7-9H2,1-2H3,(H,26,27)/t16-,17-,20-/m1/s1. The van der Waals surface area contributed by atoms with E-state index in [1.54, 1.807) is 24.3 Å². The lowest BCUT2D eigenvalue weighted by molar-refractivity contribution is -0.149. The number of nitrogens with zero attached hydrogens (tertiary/aromatic N) is 2. The molecule has 0 radical (unpaired) electrons. The Kier molecular flexibility index (Phi) is 6.21. The number of aliphatic hydroxyl groups excluding tert-OH is 1. The first kappa shape index (κ1) is 22.3. The van der Waals surface area contributed by atoms with E-state index in [2.05, 4.69) is 14.7 Å². The maximum Gasteiger partial charge on any atom is 0.310 e. The van der Waals surface area contributed by atoms with Crippen molar-refractivity contribution in [2.24, 2.45) is 5.41 Å². The van der Waals surface area contributed by atoms with Gasteiger partial charge < -0.3 is 10.2 Å². The summed E-state index contributed by atoms with van der Waals surface area (Å²) in [5.74, 6) is -1.36. The van der Waals surface area contributed by atoms with Crippen LogP contribution in [0.4, 0.5) is 4.39 Å². The molecule has 162 valence electrons. The highest BCUT2D eigenvalue weighted by atomic mass is 32.2. The van der Waals surface area contributed by atoms with Gasteiger partial charge in [-0.05, 0) is 44.7 Å². The van der Waals surface area contributed by atoms with E-state index in [1.807, 2.05) is 0 Å². The highest BCUT2D eigenvalue weighted by molar-refractivity contribution is 7.90. The maximum absolute atomic E-state index is 13.1. The summed E-state index contributed by atoms with van der Waals surface area (Å²) in [6.07, 6.45) is 0.962. The number of aliphatic hydroxyl groups is 1. The van der Waals surface area contributed by atoms with Crippen LogP contribution in [0.25, 0.3) is 11.4 Å². The summed E-state index contributed by atoms with van der Waals surface area (Å²) in [7, 11) is -3.66. The van der Waals surface area contributed by atoms with Crippen LogP contribution in [0, 0.1) is 11.2 Å². The molecule has 3 rings (SSSR count). The molecule has 0 bridgehead atoms. The topological polar surface area (TPSA) is 129 Å². The number of hydrogen-bond acceptors (Lipinski definition) is 6. The second kappa shape index (κ2) is 8.37. The first-order valence-corrected chi connectivity index (χ1v) is 11.1. The Balaban J connectivity index is 1.85. The largest absolute Gasteiger partial charge is 0.481 e. The molecule has 10 heteroatoms. The van der Waals surface area contributed by atoms with Gasteiger partial charge in [0.1, 0.15) is 0 Å². The van der Waals surface area contributed by atoms with Gasteiger partial charge in [0.2, 0.25) is 10.0 Å². The second-order valence-corrected chi connectivity index (χ2v) is 10.2. The number of benzene rings is 1. The number of aromatic nitrogens is 2. The lowest BCUT2D eigenvalue weighted by Crippen LogP contribution is -2.43. The fraction of sp³-hybridized carbons (Fsp3) is 0.450. The summed E-state index contributed by atoms with van der Waals surface area (Å²) in [5.41, 5.74) is -0.0580. The van der Waals surface area contributed by atoms with Gasteiger partial charge in [0.15, 0.2) is 11.6 Å². The van der Waals surface area contributed by atoms with E-state index < -0.39 is 44.6 Å². The van der Waals surface area contributed by atoms with Crippen LogP contribution >= 0.6 is 0 Å². The monoisotopic (exact) mass is 437 g/mol. The van der Waals surface area contributed by atoms with Crippen molar-refractivity contribution in [3.63, 3.8) is 0 Å². The molecule has 0 aliphatic heterocycles. The van der Waals surface area contributed by atoms with E-state index in [0.717, 1.165) is 12.4 Å². The van der Waals surface area contributed by atoms with Crippen molar-refractivity contribution in [3.8, 4) is 11.4 Å². The molecule has 1 saturated carbocycles. The lowest BCUT2D eigenvalue weighted by Gasteiger charge is -2.25. The van der Waals surface area contributed by atoms with Crippen molar-refractivity contribution >= 4 is 16.0 Å². The first-order valence-electron chi connectivity index (χ1n) is 9.52. The van der Waals surface area contributed by atoms with Crippen LogP contribution in [0.3, 0.4) is 0 Å². The maximum atomic E-state index is 13.1. The molecule has 0 saturated heterocycles. The average Bonchev–Trinajstić information content (AvgIpc) is 2.98.